The second kappa shape index (κ2) is 10.7. The summed E-state index contributed by atoms with van der Waals surface area (Å²) >= 11 is 0. The fourth-order valence-electron chi connectivity index (χ4n) is 3.09. The van der Waals surface area contributed by atoms with Gasteiger partial charge in [-0.25, -0.2) is 5.43 Å². The summed E-state index contributed by atoms with van der Waals surface area (Å²) in [7, 11) is 0. The van der Waals surface area contributed by atoms with E-state index in [0.29, 0.717) is 28.4 Å². The highest BCUT2D eigenvalue weighted by atomic mass is 16.7. The lowest BCUT2D eigenvalue weighted by Gasteiger charge is -2.07. The van der Waals surface area contributed by atoms with Crippen molar-refractivity contribution in [3.05, 3.63) is 89.0 Å². The first-order valence-corrected chi connectivity index (χ1v) is 10.3. The van der Waals surface area contributed by atoms with Crippen molar-refractivity contribution < 1.29 is 23.8 Å². The van der Waals surface area contributed by atoms with E-state index >= 15 is 0 Å². The van der Waals surface area contributed by atoms with E-state index in [1.54, 1.807) is 48.5 Å². The van der Waals surface area contributed by atoms with Crippen LogP contribution in [0.1, 0.15) is 27.0 Å². The van der Waals surface area contributed by atoms with Crippen molar-refractivity contribution in [3.63, 3.8) is 0 Å². The molecule has 3 aromatic rings. The maximum atomic E-state index is 12.2. The van der Waals surface area contributed by atoms with Gasteiger partial charge in [-0.15, -0.1) is 0 Å². The lowest BCUT2D eigenvalue weighted by atomic mass is 10.1. The molecule has 4 rings (SSSR count). The van der Waals surface area contributed by atoms with Crippen molar-refractivity contribution in [2.75, 3.05) is 13.3 Å². The Balaban J connectivity index is 1.21. The molecule has 170 valence electrons. The summed E-state index contributed by atoms with van der Waals surface area (Å²) in [5.74, 6) is 0.824. The average Bonchev–Trinajstić information content (AvgIpc) is 3.35. The van der Waals surface area contributed by atoms with E-state index in [-0.39, 0.29) is 19.9 Å². The standard InChI is InChI=1S/C25H20N4O5/c26-12-19-3-1-2-4-20(19)15-32-21-8-5-17(6-9-21)13-28-29-24(30)14-27-25(31)18-7-10-22-23(11-18)34-16-33-22/h1-11,13H,14-16H2,(H,27,31)(H,29,30)/b28-13-. The molecule has 0 unspecified atom stereocenters. The maximum absolute atomic E-state index is 12.2. The Morgan fingerprint density at radius 3 is 2.68 bits per heavy atom. The summed E-state index contributed by atoms with van der Waals surface area (Å²) in [5.41, 5.74) is 4.85. The van der Waals surface area contributed by atoms with Gasteiger partial charge in [-0.2, -0.15) is 10.4 Å². The number of ether oxygens (including phenoxy) is 3. The number of hydrogen-bond donors (Lipinski definition) is 2. The summed E-state index contributed by atoms with van der Waals surface area (Å²) in [6.07, 6.45) is 1.48. The minimum absolute atomic E-state index is 0.118. The van der Waals surface area contributed by atoms with E-state index in [1.807, 2.05) is 18.2 Å². The fraction of sp³-hybridized carbons (Fsp3) is 0.120. The Hall–Kier alpha value is -4.84. The van der Waals surface area contributed by atoms with Crippen molar-refractivity contribution in [3.8, 4) is 23.3 Å². The molecule has 0 saturated heterocycles. The van der Waals surface area contributed by atoms with Crippen LogP contribution in [0, 0.1) is 11.3 Å². The van der Waals surface area contributed by atoms with Gasteiger partial charge in [0.15, 0.2) is 11.5 Å². The van der Waals surface area contributed by atoms with Crippen LogP contribution in [-0.2, 0) is 11.4 Å². The average molecular weight is 456 g/mol. The molecule has 0 saturated carbocycles. The second-order valence-electron chi connectivity index (χ2n) is 7.17. The van der Waals surface area contributed by atoms with Crippen LogP contribution in [0.3, 0.4) is 0 Å². The molecule has 0 aromatic heterocycles. The van der Waals surface area contributed by atoms with Gasteiger partial charge in [-0.05, 0) is 54.1 Å². The molecular weight excluding hydrogens is 436 g/mol. The summed E-state index contributed by atoms with van der Waals surface area (Å²) in [6.45, 7) is 0.167. The highest BCUT2D eigenvalue weighted by Gasteiger charge is 2.16. The van der Waals surface area contributed by atoms with E-state index in [9.17, 15) is 9.59 Å². The van der Waals surface area contributed by atoms with Gasteiger partial charge in [-0.3, -0.25) is 9.59 Å². The molecule has 2 N–H and O–H groups in total. The topological polar surface area (TPSA) is 122 Å². The molecule has 0 spiro atoms. The maximum Gasteiger partial charge on any atom is 0.259 e. The van der Waals surface area contributed by atoms with Crippen molar-refractivity contribution in [1.82, 2.24) is 10.7 Å². The van der Waals surface area contributed by atoms with Crippen molar-refractivity contribution in [2.45, 2.75) is 6.61 Å². The van der Waals surface area contributed by atoms with Gasteiger partial charge in [0.25, 0.3) is 11.8 Å². The zero-order valence-electron chi connectivity index (χ0n) is 18.0. The lowest BCUT2D eigenvalue weighted by Crippen LogP contribution is -2.34. The van der Waals surface area contributed by atoms with Gasteiger partial charge in [0.05, 0.1) is 24.4 Å². The Labute approximate surface area is 195 Å². The molecule has 1 aliphatic rings. The zero-order valence-corrected chi connectivity index (χ0v) is 18.0. The number of hydrazone groups is 1. The van der Waals surface area contributed by atoms with E-state index in [1.165, 1.54) is 6.21 Å². The molecule has 9 heteroatoms. The van der Waals surface area contributed by atoms with Crippen LogP contribution >= 0.6 is 0 Å². The van der Waals surface area contributed by atoms with E-state index in [4.69, 9.17) is 19.5 Å². The first-order chi connectivity index (χ1) is 16.6. The van der Waals surface area contributed by atoms with Crippen molar-refractivity contribution >= 4 is 18.0 Å². The number of nitriles is 1. The molecule has 3 aromatic carbocycles. The summed E-state index contributed by atoms with van der Waals surface area (Å²) in [6, 6.07) is 21.3. The normalized spacial score (nSPS) is 11.6. The summed E-state index contributed by atoms with van der Waals surface area (Å²) in [5, 5.41) is 15.6. The molecule has 34 heavy (non-hydrogen) atoms. The van der Waals surface area contributed by atoms with Gasteiger partial charge in [0.1, 0.15) is 12.4 Å². The van der Waals surface area contributed by atoms with Crippen LogP contribution in [0.5, 0.6) is 17.2 Å². The number of amides is 2. The van der Waals surface area contributed by atoms with Crippen LogP contribution in [-0.4, -0.2) is 31.4 Å². The van der Waals surface area contributed by atoms with E-state index < -0.39 is 11.8 Å². The molecule has 9 nitrogen and oxygen atoms in total. The third-order valence-corrected chi connectivity index (χ3v) is 4.86. The monoisotopic (exact) mass is 456 g/mol. The molecule has 0 aliphatic carbocycles. The number of nitrogens with one attached hydrogen (secondary N) is 2. The number of benzene rings is 3. The third-order valence-electron chi connectivity index (χ3n) is 4.86. The van der Waals surface area contributed by atoms with Crippen LogP contribution < -0.4 is 25.0 Å². The number of hydrogen-bond acceptors (Lipinski definition) is 7. The van der Waals surface area contributed by atoms with Gasteiger partial charge >= 0.3 is 0 Å². The van der Waals surface area contributed by atoms with E-state index in [0.717, 1.165) is 11.1 Å². The molecular formula is C25H20N4O5. The predicted molar refractivity (Wildman–Crippen MR) is 123 cm³/mol. The number of carbonyl (C=O) groups is 2. The Morgan fingerprint density at radius 2 is 1.85 bits per heavy atom. The Morgan fingerprint density at radius 1 is 1.06 bits per heavy atom. The van der Waals surface area contributed by atoms with E-state index in [2.05, 4.69) is 21.9 Å². The number of carbonyl (C=O) groups excluding carboxylic acids is 2. The summed E-state index contributed by atoms with van der Waals surface area (Å²) < 4.78 is 16.2. The SMILES string of the molecule is N#Cc1ccccc1COc1ccc(/C=N\NC(=O)CNC(=O)c2ccc3c(c2)OCO3)cc1. The largest absolute Gasteiger partial charge is 0.489 e. The summed E-state index contributed by atoms with van der Waals surface area (Å²) in [4.78, 5) is 24.2. The highest BCUT2D eigenvalue weighted by molar-refractivity contribution is 5.97. The van der Waals surface area contributed by atoms with Crippen molar-refractivity contribution in [1.29, 1.82) is 5.26 Å². The Bertz CT molecular complexity index is 1270. The fourth-order valence-corrected chi connectivity index (χ4v) is 3.09. The number of fused-ring (bicyclic) bond motifs is 1. The molecule has 1 aliphatic heterocycles. The minimum atomic E-state index is -0.471. The molecule has 0 atom stereocenters. The molecule has 0 radical (unpaired) electrons. The van der Waals surface area contributed by atoms with Gasteiger partial charge < -0.3 is 19.5 Å². The predicted octanol–water partition coefficient (Wildman–Crippen LogP) is 2.75. The quantitative estimate of drug-likeness (QED) is 0.397. The van der Waals surface area contributed by atoms with Gasteiger partial charge in [0, 0.05) is 11.1 Å². The lowest BCUT2D eigenvalue weighted by molar-refractivity contribution is -0.120. The Kier molecular flexibility index (Phi) is 7.00. The molecule has 2 amide bonds. The smallest absolute Gasteiger partial charge is 0.259 e. The van der Waals surface area contributed by atoms with Gasteiger partial charge in [0.2, 0.25) is 6.79 Å². The molecule has 1 heterocycles. The van der Waals surface area contributed by atoms with Crippen LogP contribution in [0.4, 0.5) is 0 Å². The van der Waals surface area contributed by atoms with Crippen LogP contribution in [0.25, 0.3) is 0 Å². The third kappa shape index (κ3) is 5.69. The zero-order chi connectivity index (χ0) is 23.8. The molecule has 0 fully saturated rings. The highest BCUT2D eigenvalue weighted by Crippen LogP contribution is 2.32. The molecule has 0 bridgehead atoms. The first-order valence-electron chi connectivity index (χ1n) is 10.3. The second-order valence-corrected chi connectivity index (χ2v) is 7.17. The van der Waals surface area contributed by atoms with Crippen LogP contribution in [0.2, 0.25) is 0 Å². The first kappa shape index (κ1) is 22.4. The number of rotatable bonds is 8. The van der Waals surface area contributed by atoms with Crippen LogP contribution in [0.15, 0.2) is 71.8 Å². The number of nitrogens with zero attached hydrogens (tertiary/aromatic N) is 2. The van der Waals surface area contributed by atoms with Gasteiger partial charge in [-0.1, -0.05) is 18.2 Å². The minimum Gasteiger partial charge on any atom is -0.489 e. The van der Waals surface area contributed by atoms with Crippen molar-refractivity contribution in [2.24, 2.45) is 5.10 Å².